The minimum atomic E-state index is -2.07. The van der Waals surface area contributed by atoms with Crippen LogP contribution in [0.1, 0.15) is 34.1 Å². The molecule has 0 aromatic rings. The van der Waals surface area contributed by atoms with Crippen molar-refractivity contribution in [2.75, 3.05) is 6.61 Å². The van der Waals surface area contributed by atoms with Gasteiger partial charge < -0.3 is 4.89 Å². The van der Waals surface area contributed by atoms with Gasteiger partial charge in [-0.05, 0) is 27.7 Å². The van der Waals surface area contributed by atoms with Crippen LogP contribution in [0.25, 0.3) is 0 Å². The summed E-state index contributed by atoms with van der Waals surface area (Å²) < 4.78 is 5.82. The van der Waals surface area contributed by atoms with Gasteiger partial charge in [0.1, 0.15) is 0 Å². The molecule has 0 heterocycles. The van der Waals surface area contributed by atoms with Gasteiger partial charge in [-0.2, -0.15) is 9.94 Å². The van der Waals surface area contributed by atoms with Crippen LogP contribution in [-0.2, 0) is 9.56 Å². The molecule has 0 saturated carbocycles. The first-order valence-electron chi connectivity index (χ1n) is 5.31. The Morgan fingerprint density at radius 2 is 1.88 bits per heavy atom. The molecule has 0 radical (unpaired) electrons. The van der Waals surface area contributed by atoms with Crippen LogP contribution in [0.15, 0.2) is 0 Å². The monoisotopic (exact) mass is 283 g/mol. The van der Waals surface area contributed by atoms with Gasteiger partial charge in [0.15, 0.2) is 0 Å². The van der Waals surface area contributed by atoms with Crippen molar-refractivity contribution >= 4 is 20.3 Å². The van der Waals surface area contributed by atoms with Crippen LogP contribution in [0, 0.1) is 11.3 Å². The fraction of sp³-hybridized carbons (Fsp3) is 0.889. The van der Waals surface area contributed by atoms with Crippen LogP contribution in [0.5, 0.6) is 0 Å². The van der Waals surface area contributed by atoms with E-state index in [4.69, 9.17) is 21.7 Å². The van der Waals surface area contributed by atoms with E-state index in [1.807, 2.05) is 33.8 Å². The van der Waals surface area contributed by atoms with Crippen molar-refractivity contribution in [1.29, 1.82) is 5.26 Å². The number of halogens is 1. The highest BCUT2D eigenvalue weighted by molar-refractivity contribution is 7.44. The molecule has 1 unspecified atom stereocenters. The molecule has 6 nitrogen and oxygen atoms in total. The molecule has 0 aromatic carbocycles. The first-order valence-corrected chi connectivity index (χ1v) is 6.81. The van der Waals surface area contributed by atoms with Gasteiger partial charge in [0.2, 0.25) is 0 Å². The van der Waals surface area contributed by atoms with Gasteiger partial charge in [-0.25, -0.2) is 9.90 Å². The zero-order chi connectivity index (χ0) is 13.4. The van der Waals surface area contributed by atoms with E-state index < -0.39 is 8.53 Å². The zero-order valence-corrected chi connectivity index (χ0v) is 12.1. The Morgan fingerprint density at radius 1 is 1.35 bits per heavy atom. The summed E-state index contributed by atoms with van der Waals surface area (Å²) in [7, 11) is -2.07. The lowest BCUT2D eigenvalue weighted by Crippen LogP contribution is -2.43. The van der Waals surface area contributed by atoms with E-state index in [0.29, 0.717) is 0 Å². The fourth-order valence-corrected chi connectivity index (χ4v) is 2.50. The van der Waals surface area contributed by atoms with E-state index in [1.165, 1.54) is 0 Å². The first-order chi connectivity index (χ1) is 7.91. The molecule has 17 heavy (non-hydrogen) atoms. The first kappa shape index (κ1) is 17.0. The van der Waals surface area contributed by atoms with Crippen molar-refractivity contribution in [2.45, 2.75) is 46.2 Å². The van der Waals surface area contributed by atoms with Crippen LogP contribution in [0.2, 0.25) is 0 Å². The standard InChI is InChI=1S/C9H19ClN3O3P/c1-8(2)12(9(3)4)13(10)17(14)16-15-7-5-6-11/h8-9,14H,5,7H2,1-4H3. The third-order valence-electron chi connectivity index (χ3n) is 1.81. The average molecular weight is 284 g/mol. The maximum atomic E-state index is 9.67. The van der Waals surface area contributed by atoms with Crippen molar-refractivity contribution < 1.29 is 14.5 Å². The molecule has 0 spiro atoms. The number of hydrogen-bond donors (Lipinski definition) is 1. The summed E-state index contributed by atoms with van der Waals surface area (Å²) in [6.45, 7) is 7.92. The molecule has 0 aromatic heterocycles. The number of rotatable bonds is 8. The maximum absolute atomic E-state index is 9.67. The van der Waals surface area contributed by atoms with Gasteiger partial charge >= 0.3 is 8.53 Å². The number of nitriles is 1. The molecule has 0 aliphatic heterocycles. The van der Waals surface area contributed by atoms with Gasteiger partial charge in [-0.3, -0.25) is 0 Å². The summed E-state index contributed by atoms with van der Waals surface area (Å²) in [6, 6.07) is 2.13. The number of nitrogens with zero attached hydrogens (tertiary/aromatic N) is 3. The Morgan fingerprint density at radius 3 is 2.29 bits per heavy atom. The van der Waals surface area contributed by atoms with E-state index >= 15 is 0 Å². The summed E-state index contributed by atoms with van der Waals surface area (Å²) in [6.07, 6.45) is 0.198. The molecule has 8 heteroatoms. The van der Waals surface area contributed by atoms with E-state index in [1.54, 1.807) is 5.01 Å². The highest BCUT2D eigenvalue weighted by atomic mass is 35.5. The van der Waals surface area contributed by atoms with Gasteiger partial charge in [0.05, 0.1) is 19.1 Å². The average Bonchev–Trinajstić information content (AvgIpc) is 2.22. The molecule has 0 fully saturated rings. The van der Waals surface area contributed by atoms with E-state index in [0.717, 1.165) is 4.30 Å². The van der Waals surface area contributed by atoms with Crippen molar-refractivity contribution in [3.63, 3.8) is 0 Å². The summed E-state index contributed by atoms with van der Waals surface area (Å²) in [5, 5.41) is 10.1. The quantitative estimate of drug-likeness (QED) is 0.243. The van der Waals surface area contributed by atoms with Gasteiger partial charge in [-0.1, -0.05) is 4.30 Å². The lowest BCUT2D eigenvalue weighted by Gasteiger charge is -2.36. The van der Waals surface area contributed by atoms with Gasteiger partial charge in [0.25, 0.3) is 0 Å². The molecule has 1 N–H and O–H groups in total. The summed E-state index contributed by atoms with van der Waals surface area (Å²) >= 11 is 5.97. The van der Waals surface area contributed by atoms with Crippen LogP contribution >= 0.6 is 20.3 Å². The lowest BCUT2D eigenvalue weighted by molar-refractivity contribution is -0.211. The molecular formula is C9H19ClN3O3P. The van der Waals surface area contributed by atoms with Crippen molar-refractivity contribution in [2.24, 2.45) is 0 Å². The second-order valence-electron chi connectivity index (χ2n) is 3.87. The van der Waals surface area contributed by atoms with Crippen LogP contribution in [0.4, 0.5) is 0 Å². The largest absolute Gasteiger partial charge is 0.334 e. The Bertz CT molecular complexity index is 242. The smallest absolute Gasteiger partial charge is 0.319 e. The minimum Gasteiger partial charge on any atom is -0.334 e. The second kappa shape index (κ2) is 9.01. The second-order valence-corrected chi connectivity index (χ2v) is 5.45. The molecule has 0 aliphatic rings. The topological polar surface area (TPSA) is 69.0 Å². The normalized spacial score (nSPS) is 13.7. The summed E-state index contributed by atoms with van der Waals surface area (Å²) in [5.41, 5.74) is 0. The molecule has 0 saturated heterocycles. The SMILES string of the molecule is CC(C)N(C(C)C)N(Cl)P(O)OOCCC#N. The number of hydrogen-bond acceptors (Lipinski definition) is 6. The predicted molar refractivity (Wildman–Crippen MR) is 66.2 cm³/mol. The van der Waals surface area contributed by atoms with Crippen LogP contribution in [0.3, 0.4) is 0 Å². The van der Waals surface area contributed by atoms with Gasteiger partial charge in [0, 0.05) is 23.9 Å². The summed E-state index contributed by atoms with van der Waals surface area (Å²) in [5.74, 6) is 0. The summed E-state index contributed by atoms with van der Waals surface area (Å²) in [4.78, 5) is 14.3. The number of hydrazine groups is 1. The van der Waals surface area contributed by atoms with E-state index in [9.17, 15) is 4.89 Å². The van der Waals surface area contributed by atoms with Gasteiger partial charge in [-0.15, -0.1) is 0 Å². The zero-order valence-electron chi connectivity index (χ0n) is 10.5. The third kappa shape index (κ3) is 6.49. The Kier molecular flexibility index (Phi) is 9.01. The molecule has 0 rings (SSSR count). The van der Waals surface area contributed by atoms with E-state index in [-0.39, 0.29) is 25.1 Å². The molecule has 0 bridgehead atoms. The van der Waals surface area contributed by atoms with Crippen molar-refractivity contribution in [3.05, 3.63) is 0 Å². The van der Waals surface area contributed by atoms with Crippen LogP contribution in [-0.4, -0.2) is 32.9 Å². The third-order valence-corrected chi connectivity index (χ3v) is 3.10. The molecular weight excluding hydrogens is 265 g/mol. The highest BCUT2D eigenvalue weighted by Gasteiger charge is 2.28. The molecule has 100 valence electrons. The van der Waals surface area contributed by atoms with Crippen LogP contribution < -0.4 is 0 Å². The van der Waals surface area contributed by atoms with Crippen molar-refractivity contribution in [3.8, 4) is 6.07 Å². The Balaban J connectivity index is 4.17. The predicted octanol–water partition coefficient (Wildman–Crippen LogP) is 2.56. The maximum Gasteiger partial charge on any atom is 0.319 e. The minimum absolute atomic E-state index is 0.101. The lowest BCUT2D eigenvalue weighted by atomic mass is 10.3. The van der Waals surface area contributed by atoms with E-state index in [2.05, 4.69) is 4.89 Å². The molecule has 0 aliphatic carbocycles. The fourth-order valence-electron chi connectivity index (χ4n) is 1.26. The Hall–Kier alpha value is 0.01000. The molecule has 0 amide bonds. The molecule has 1 atom stereocenters. The highest BCUT2D eigenvalue weighted by Crippen LogP contribution is 2.41. The van der Waals surface area contributed by atoms with Crippen molar-refractivity contribution in [1.82, 2.24) is 9.31 Å². The Labute approximate surface area is 109 Å².